The molecule has 0 unspecified atom stereocenters. The number of rotatable bonds is 7. The maximum absolute atomic E-state index is 12.9. The summed E-state index contributed by atoms with van der Waals surface area (Å²) in [6, 6.07) is 15.1. The minimum absolute atomic E-state index is 0.322. The first-order valence-corrected chi connectivity index (χ1v) is 10.7. The van der Waals surface area contributed by atoms with Gasteiger partial charge in [-0.3, -0.25) is 10.1 Å². The van der Waals surface area contributed by atoms with E-state index in [1.54, 1.807) is 17.7 Å². The van der Waals surface area contributed by atoms with Crippen LogP contribution >= 0.6 is 11.6 Å². The summed E-state index contributed by atoms with van der Waals surface area (Å²) in [4.78, 5) is 30.5. The lowest BCUT2D eigenvalue weighted by molar-refractivity contribution is 0.101. The highest BCUT2D eigenvalue weighted by Gasteiger charge is 2.17. The molecule has 4 rings (SSSR count). The number of amides is 1. The molecular weight excluding hydrogens is 440 g/mol. The molecule has 3 N–H and O–H groups in total. The van der Waals surface area contributed by atoms with Gasteiger partial charge in [-0.2, -0.15) is 15.0 Å². The molecule has 4 aromatic rings. The first kappa shape index (κ1) is 22.2. The number of carbonyl (C=O) groups is 1. The summed E-state index contributed by atoms with van der Waals surface area (Å²) in [5.74, 6) is 1.44. The van der Waals surface area contributed by atoms with Crippen LogP contribution in [0.1, 0.15) is 28.8 Å². The smallest absolute Gasteiger partial charge is 0.274 e. The van der Waals surface area contributed by atoms with E-state index in [1.807, 2.05) is 56.3 Å². The fraction of sp³-hybridized carbons (Fsp3) is 0.174. The zero-order valence-corrected chi connectivity index (χ0v) is 19.2. The molecule has 2 heterocycles. The lowest BCUT2D eigenvalue weighted by Gasteiger charge is -2.12. The van der Waals surface area contributed by atoms with E-state index in [2.05, 4.69) is 35.9 Å². The molecule has 0 fully saturated rings. The van der Waals surface area contributed by atoms with Crippen molar-refractivity contribution in [3.63, 3.8) is 0 Å². The Hall–Kier alpha value is -3.98. The van der Waals surface area contributed by atoms with E-state index in [9.17, 15) is 4.79 Å². The molecule has 2 aromatic carbocycles. The number of imidazole rings is 1. The number of nitrogens with zero attached hydrogens (tertiary/aromatic N) is 5. The summed E-state index contributed by atoms with van der Waals surface area (Å²) in [5, 5.41) is 9.58. The molecule has 0 atom stereocenters. The van der Waals surface area contributed by atoms with E-state index in [1.165, 1.54) is 6.20 Å². The Morgan fingerprint density at radius 3 is 2.42 bits per heavy atom. The Bertz CT molecular complexity index is 1270. The van der Waals surface area contributed by atoms with Crippen molar-refractivity contribution in [3.05, 3.63) is 76.8 Å². The number of anilines is 5. The molecule has 2 aromatic heterocycles. The molecule has 0 aliphatic heterocycles. The van der Waals surface area contributed by atoms with Crippen LogP contribution in [0.4, 0.5) is 29.2 Å². The summed E-state index contributed by atoms with van der Waals surface area (Å²) >= 11 is 6.24. The van der Waals surface area contributed by atoms with E-state index in [0.29, 0.717) is 46.5 Å². The Labute approximate surface area is 196 Å². The van der Waals surface area contributed by atoms with Crippen molar-refractivity contribution in [1.82, 2.24) is 24.5 Å². The summed E-state index contributed by atoms with van der Waals surface area (Å²) < 4.78 is 1.63. The maximum atomic E-state index is 12.9. The molecule has 0 aliphatic carbocycles. The second-order valence-corrected chi connectivity index (χ2v) is 7.69. The van der Waals surface area contributed by atoms with Gasteiger partial charge < -0.3 is 15.2 Å². The van der Waals surface area contributed by atoms with Crippen molar-refractivity contribution in [3.8, 4) is 0 Å². The number of carbonyl (C=O) groups excluding carboxylic acids is 1. The molecular formula is C23H23ClN8O. The van der Waals surface area contributed by atoms with Crippen molar-refractivity contribution in [2.45, 2.75) is 20.3 Å². The first-order chi connectivity index (χ1) is 15.9. The van der Waals surface area contributed by atoms with Crippen LogP contribution in [-0.4, -0.2) is 30.4 Å². The number of hydrogen-bond acceptors (Lipinski definition) is 7. The van der Waals surface area contributed by atoms with Crippen LogP contribution in [0.2, 0.25) is 5.02 Å². The molecule has 0 saturated carbocycles. The van der Waals surface area contributed by atoms with Gasteiger partial charge in [0.1, 0.15) is 11.5 Å². The number of nitrogens with one attached hydrogen (secondary N) is 3. The monoisotopic (exact) mass is 462 g/mol. The third-order valence-electron chi connectivity index (χ3n) is 4.93. The molecule has 0 aliphatic rings. The quantitative estimate of drug-likeness (QED) is 0.359. The van der Waals surface area contributed by atoms with E-state index in [0.717, 1.165) is 11.3 Å². The highest BCUT2D eigenvalue weighted by Crippen LogP contribution is 2.26. The first-order valence-electron chi connectivity index (χ1n) is 10.4. The van der Waals surface area contributed by atoms with Crippen LogP contribution in [0.3, 0.4) is 0 Å². The van der Waals surface area contributed by atoms with Gasteiger partial charge in [-0.15, -0.1) is 0 Å². The lowest BCUT2D eigenvalue weighted by atomic mass is 10.2. The second kappa shape index (κ2) is 9.66. The zero-order chi connectivity index (χ0) is 23.4. The van der Waals surface area contributed by atoms with Crippen molar-refractivity contribution in [1.29, 1.82) is 0 Å². The molecule has 0 spiro atoms. The van der Waals surface area contributed by atoms with Gasteiger partial charge >= 0.3 is 0 Å². The Morgan fingerprint density at radius 2 is 1.73 bits per heavy atom. The van der Waals surface area contributed by atoms with Gasteiger partial charge in [0.15, 0.2) is 0 Å². The molecule has 33 heavy (non-hydrogen) atoms. The summed E-state index contributed by atoms with van der Waals surface area (Å²) in [7, 11) is 1.73. The van der Waals surface area contributed by atoms with Crippen molar-refractivity contribution < 1.29 is 4.79 Å². The molecule has 0 radical (unpaired) electrons. The summed E-state index contributed by atoms with van der Waals surface area (Å²) in [6.45, 7) is 3.84. The van der Waals surface area contributed by atoms with Gasteiger partial charge in [-0.1, -0.05) is 48.9 Å². The fourth-order valence-electron chi connectivity index (χ4n) is 3.14. The number of para-hydroxylation sites is 2. The third kappa shape index (κ3) is 5.09. The number of aryl methyl sites for hydroxylation is 2. The van der Waals surface area contributed by atoms with Crippen LogP contribution in [0.25, 0.3) is 0 Å². The van der Waals surface area contributed by atoms with Gasteiger partial charge in [0.25, 0.3) is 5.91 Å². The second-order valence-electron chi connectivity index (χ2n) is 7.28. The van der Waals surface area contributed by atoms with Gasteiger partial charge in [0.2, 0.25) is 17.8 Å². The summed E-state index contributed by atoms with van der Waals surface area (Å²) in [6.07, 6.45) is 2.11. The topological polar surface area (TPSA) is 110 Å². The maximum Gasteiger partial charge on any atom is 0.274 e. The molecule has 1 amide bonds. The Balaban J connectivity index is 1.55. The molecule has 10 heteroatoms. The molecule has 0 saturated heterocycles. The number of halogens is 1. The standard InChI is InChI=1S/C23H23ClN8O/c1-4-18-27-21(26-15-10-6-5-7-11-15)30-22(28-18)31-23-25-13-17(32(23)3)20(33)29-19-14(2)9-8-12-16(19)24/h5-13H,4H2,1-3H3,(H,29,33)(H2,25,26,27,28,30,31). The van der Waals surface area contributed by atoms with Crippen molar-refractivity contribution in [2.75, 3.05) is 16.0 Å². The Kier molecular flexibility index (Phi) is 6.50. The predicted molar refractivity (Wildman–Crippen MR) is 130 cm³/mol. The zero-order valence-electron chi connectivity index (χ0n) is 18.4. The lowest BCUT2D eigenvalue weighted by Crippen LogP contribution is -2.17. The van der Waals surface area contributed by atoms with Gasteiger partial charge in [-0.25, -0.2) is 4.98 Å². The third-order valence-corrected chi connectivity index (χ3v) is 5.25. The minimum Gasteiger partial charge on any atom is -0.324 e. The van der Waals surface area contributed by atoms with Crippen molar-refractivity contribution >= 4 is 46.7 Å². The highest BCUT2D eigenvalue weighted by atomic mass is 35.5. The average Bonchev–Trinajstić information content (AvgIpc) is 3.17. The fourth-order valence-corrected chi connectivity index (χ4v) is 3.41. The number of aromatic nitrogens is 5. The Morgan fingerprint density at radius 1 is 1.00 bits per heavy atom. The largest absolute Gasteiger partial charge is 0.324 e. The molecule has 0 bridgehead atoms. The average molecular weight is 463 g/mol. The van der Waals surface area contributed by atoms with Crippen LogP contribution in [-0.2, 0) is 13.5 Å². The van der Waals surface area contributed by atoms with Crippen LogP contribution in [0.15, 0.2) is 54.7 Å². The van der Waals surface area contributed by atoms with E-state index < -0.39 is 0 Å². The van der Waals surface area contributed by atoms with Crippen molar-refractivity contribution in [2.24, 2.45) is 7.05 Å². The normalized spacial score (nSPS) is 10.7. The van der Waals surface area contributed by atoms with Gasteiger partial charge in [0, 0.05) is 19.2 Å². The number of benzene rings is 2. The minimum atomic E-state index is -0.328. The highest BCUT2D eigenvalue weighted by molar-refractivity contribution is 6.34. The van der Waals surface area contributed by atoms with Gasteiger partial charge in [0.05, 0.1) is 16.9 Å². The van der Waals surface area contributed by atoms with Crippen LogP contribution in [0.5, 0.6) is 0 Å². The number of hydrogen-bond donors (Lipinski definition) is 3. The van der Waals surface area contributed by atoms with E-state index in [4.69, 9.17) is 11.6 Å². The predicted octanol–water partition coefficient (Wildman–Crippen LogP) is 4.87. The van der Waals surface area contributed by atoms with Gasteiger partial charge in [-0.05, 0) is 30.7 Å². The summed E-state index contributed by atoms with van der Waals surface area (Å²) in [5.41, 5.74) is 2.65. The van der Waals surface area contributed by atoms with E-state index >= 15 is 0 Å². The SMILES string of the molecule is CCc1nc(Nc2ccccc2)nc(Nc2ncc(C(=O)Nc3c(C)cccc3Cl)n2C)n1. The van der Waals surface area contributed by atoms with Crippen LogP contribution in [0, 0.1) is 6.92 Å². The molecule has 168 valence electrons. The molecule has 9 nitrogen and oxygen atoms in total. The van der Waals surface area contributed by atoms with Crippen LogP contribution < -0.4 is 16.0 Å². The van der Waals surface area contributed by atoms with E-state index in [-0.39, 0.29) is 5.91 Å².